The monoisotopic (exact) mass is 261 g/mol. The summed E-state index contributed by atoms with van der Waals surface area (Å²) in [5, 5.41) is 3.43. The second-order valence-corrected chi connectivity index (χ2v) is 5.80. The highest BCUT2D eigenvalue weighted by Crippen LogP contribution is 2.18. The molecule has 0 bridgehead atoms. The molecule has 0 saturated carbocycles. The first-order chi connectivity index (χ1) is 9.28. The molecule has 1 N–H and O–H groups in total. The van der Waals surface area contributed by atoms with Crippen molar-refractivity contribution >= 4 is 0 Å². The van der Waals surface area contributed by atoms with E-state index in [-0.39, 0.29) is 0 Å². The molecule has 1 unspecified atom stereocenters. The highest BCUT2D eigenvalue weighted by molar-refractivity contribution is 5.23. The Bertz CT molecular complexity index is 354. The summed E-state index contributed by atoms with van der Waals surface area (Å²) in [4.78, 5) is 0. The van der Waals surface area contributed by atoms with E-state index in [9.17, 15) is 0 Å². The Hall–Kier alpha value is -0.860. The zero-order valence-corrected chi connectivity index (χ0v) is 12.3. The van der Waals surface area contributed by atoms with Crippen LogP contribution in [-0.4, -0.2) is 26.3 Å². The van der Waals surface area contributed by atoms with Crippen LogP contribution in [-0.2, 0) is 17.6 Å². The predicted octanol–water partition coefficient (Wildman–Crippen LogP) is 3.20. The van der Waals surface area contributed by atoms with Crippen LogP contribution in [0, 0.1) is 5.92 Å². The smallest absolute Gasteiger partial charge is 0.0546 e. The minimum Gasteiger partial charge on any atom is -0.382 e. The normalized spacial score (nSPS) is 18.4. The van der Waals surface area contributed by atoms with Crippen LogP contribution in [0.25, 0.3) is 0 Å². The molecule has 0 spiro atoms. The van der Waals surface area contributed by atoms with E-state index in [2.05, 4.69) is 36.5 Å². The van der Waals surface area contributed by atoms with Crippen molar-refractivity contribution in [2.24, 2.45) is 5.92 Å². The Morgan fingerprint density at radius 3 is 2.42 bits per heavy atom. The van der Waals surface area contributed by atoms with Crippen molar-refractivity contribution < 1.29 is 4.74 Å². The first-order valence-electron chi connectivity index (χ1n) is 7.59. The summed E-state index contributed by atoms with van der Waals surface area (Å²) < 4.78 is 5.29. The molecule has 0 aliphatic carbocycles. The van der Waals surface area contributed by atoms with Crippen molar-refractivity contribution in [3.05, 3.63) is 35.4 Å². The van der Waals surface area contributed by atoms with Crippen molar-refractivity contribution in [3.63, 3.8) is 0 Å². The second kappa shape index (κ2) is 7.66. The van der Waals surface area contributed by atoms with E-state index < -0.39 is 0 Å². The molecule has 1 atom stereocenters. The second-order valence-electron chi connectivity index (χ2n) is 5.80. The SMILES string of the molecule is COC(C)CCc1ccc(CC2CCNCC2)cc1. The van der Waals surface area contributed by atoms with Crippen molar-refractivity contribution in [2.75, 3.05) is 20.2 Å². The van der Waals surface area contributed by atoms with E-state index in [4.69, 9.17) is 4.74 Å². The van der Waals surface area contributed by atoms with Gasteiger partial charge < -0.3 is 10.1 Å². The molecule has 2 heteroatoms. The van der Waals surface area contributed by atoms with Gasteiger partial charge in [-0.25, -0.2) is 0 Å². The van der Waals surface area contributed by atoms with Crippen molar-refractivity contribution in [3.8, 4) is 0 Å². The summed E-state index contributed by atoms with van der Waals surface area (Å²) in [5.74, 6) is 0.876. The molecule has 1 aromatic rings. The third-order valence-electron chi connectivity index (χ3n) is 4.25. The summed E-state index contributed by atoms with van der Waals surface area (Å²) in [5.41, 5.74) is 2.92. The Morgan fingerprint density at radius 2 is 1.79 bits per heavy atom. The van der Waals surface area contributed by atoms with E-state index in [0.29, 0.717) is 6.10 Å². The molecule has 1 aliphatic rings. The van der Waals surface area contributed by atoms with Crippen molar-refractivity contribution in [2.45, 2.75) is 45.1 Å². The molecule has 1 saturated heterocycles. The maximum absolute atomic E-state index is 5.29. The summed E-state index contributed by atoms with van der Waals surface area (Å²) in [6, 6.07) is 9.21. The summed E-state index contributed by atoms with van der Waals surface area (Å²) >= 11 is 0. The number of benzene rings is 1. The molecule has 1 fully saturated rings. The average Bonchev–Trinajstić information content (AvgIpc) is 2.47. The van der Waals surface area contributed by atoms with Gasteiger partial charge in [-0.05, 0) is 69.2 Å². The minimum absolute atomic E-state index is 0.356. The van der Waals surface area contributed by atoms with E-state index in [1.54, 1.807) is 7.11 Å². The fraction of sp³-hybridized carbons (Fsp3) is 0.647. The number of piperidine rings is 1. The van der Waals surface area contributed by atoms with Crippen LogP contribution in [0.1, 0.15) is 37.3 Å². The van der Waals surface area contributed by atoms with Crippen molar-refractivity contribution in [1.82, 2.24) is 5.32 Å². The van der Waals surface area contributed by atoms with Gasteiger partial charge in [0, 0.05) is 7.11 Å². The van der Waals surface area contributed by atoms with Crippen LogP contribution >= 0.6 is 0 Å². The standard InChI is InChI=1S/C17H27NO/c1-14(19-2)3-4-15-5-7-16(8-6-15)13-17-9-11-18-12-10-17/h5-8,14,17-18H,3-4,9-13H2,1-2H3. The highest BCUT2D eigenvalue weighted by Gasteiger charge is 2.13. The highest BCUT2D eigenvalue weighted by atomic mass is 16.5. The molecule has 19 heavy (non-hydrogen) atoms. The third-order valence-corrected chi connectivity index (χ3v) is 4.25. The largest absolute Gasteiger partial charge is 0.382 e. The lowest BCUT2D eigenvalue weighted by Gasteiger charge is -2.22. The Labute approximate surface area is 117 Å². The molecule has 0 aromatic heterocycles. The summed E-state index contributed by atoms with van der Waals surface area (Å²) in [6.07, 6.45) is 6.47. The van der Waals surface area contributed by atoms with Crippen LogP contribution in [0.5, 0.6) is 0 Å². The molecule has 0 radical (unpaired) electrons. The number of aryl methyl sites for hydroxylation is 1. The number of rotatable bonds is 6. The molecule has 1 heterocycles. The maximum Gasteiger partial charge on any atom is 0.0546 e. The number of hydrogen-bond donors (Lipinski definition) is 1. The predicted molar refractivity (Wildman–Crippen MR) is 80.5 cm³/mol. The van der Waals surface area contributed by atoms with Gasteiger partial charge >= 0.3 is 0 Å². The molecule has 106 valence electrons. The Balaban J connectivity index is 1.80. The molecular formula is C17H27NO. The van der Waals surface area contributed by atoms with Gasteiger partial charge in [-0.2, -0.15) is 0 Å². The molecule has 2 rings (SSSR count). The fourth-order valence-electron chi connectivity index (χ4n) is 2.75. The van der Waals surface area contributed by atoms with Crippen LogP contribution in [0.3, 0.4) is 0 Å². The van der Waals surface area contributed by atoms with Crippen molar-refractivity contribution in [1.29, 1.82) is 0 Å². The number of hydrogen-bond acceptors (Lipinski definition) is 2. The number of ether oxygens (including phenoxy) is 1. The molecular weight excluding hydrogens is 234 g/mol. The first kappa shape index (κ1) is 14.5. The summed E-state index contributed by atoms with van der Waals surface area (Å²) in [7, 11) is 1.78. The lowest BCUT2D eigenvalue weighted by molar-refractivity contribution is 0.111. The number of nitrogens with one attached hydrogen (secondary N) is 1. The van der Waals surface area contributed by atoms with Crippen LogP contribution in [0.2, 0.25) is 0 Å². The molecule has 2 nitrogen and oxygen atoms in total. The van der Waals surface area contributed by atoms with Crippen LogP contribution in [0.4, 0.5) is 0 Å². The molecule has 0 amide bonds. The lowest BCUT2D eigenvalue weighted by Crippen LogP contribution is -2.28. The topological polar surface area (TPSA) is 21.3 Å². The molecule has 1 aliphatic heterocycles. The van der Waals surface area contributed by atoms with E-state index >= 15 is 0 Å². The average molecular weight is 261 g/mol. The van der Waals surface area contributed by atoms with Gasteiger partial charge in [0.25, 0.3) is 0 Å². The quantitative estimate of drug-likeness (QED) is 0.849. The van der Waals surface area contributed by atoms with Gasteiger partial charge in [0.2, 0.25) is 0 Å². The van der Waals surface area contributed by atoms with Gasteiger partial charge in [0.1, 0.15) is 0 Å². The van der Waals surface area contributed by atoms with Gasteiger partial charge in [-0.3, -0.25) is 0 Å². The lowest BCUT2D eigenvalue weighted by atomic mass is 9.90. The summed E-state index contributed by atoms with van der Waals surface area (Å²) in [6.45, 7) is 4.51. The number of methoxy groups -OCH3 is 1. The maximum atomic E-state index is 5.29. The zero-order valence-electron chi connectivity index (χ0n) is 12.3. The third kappa shape index (κ3) is 4.96. The zero-order chi connectivity index (χ0) is 13.5. The minimum atomic E-state index is 0.356. The van der Waals surface area contributed by atoms with Crippen LogP contribution in [0.15, 0.2) is 24.3 Å². The molecule has 1 aromatic carbocycles. The van der Waals surface area contributed by atoms with Gasteiger partial charge in [-0.1, -0.05) is 24.3 Å². The van der Waals surface area contributed by atoms with Gasteiger partial charge in [-0.15, -0.1) is 0 Å². The van der Waals surface area contributed by atoms with E-state index in [1.807, 2.05) is 0 Å². The van der Waals surface area contributed by atoms with Gasteiger partial charge in [0.15, 0.2) is 0 Å². The van der Waals surface area contributed by atoms with E-state index in [0.717, 1.165) is 18.8 Å². The van der Waals surface area contributed by atoms with Gasteiger partial charge in [0.05, 0.1) is 6.10 Å². The first-order valence-corrected chi connectivity index (χ1v) is 7.59. The van der Waals surface area contributed by atoms with E-state index in [1.165, 1.54) is 43.5 Å². The van der Waals surface area contributed by atoms with Crippen LogP contribution < -0.4 is 5.32 Å². The fourth-order valence-corrected chi connectivity index (χ4v) is 2.75. The Kier molecular flexibility index (Phi) is 5.87. The Morgan fingerprint density at radius 1 is 1.16 bits per heavy atom.